The lowest BCUT2D eigenvalue weighted by atomic mass is 9.78. The molecule has 1 aromatic carbocycles. The second kappa shape index (κ2) is 13.8. The Kier molecular flexibility index (Phi) is 10.8. The van der Waals surface area contributed by atoms with Gasteiger partial charge in [-0.25, -0.2) is 4.79 Å². The quantitative estimate of drug-likeness (QED) is 0.456. The predicted molar refractivity (Wildman–Crippen MR) is 132 cm³/mol. The van der Waals surface area contributed by atoms with Crippen molar-refractivity contribution in [3.8, 4) is 0 Å². The van der Waals surface area contributed by atoms with Gasteiger partial charge in [-0.2, -0.15) is 0 Å². The van der Waals surface area contributed by atoms with Gasteiger partial charge < -0.3 is 20.7 Å². The van der Waals surface area contributed by atoms with Crippen molar-refractivity contribution in [3.63, 3.8) is 0 Å². The van der Waals surface area contributed by atoms with Crippen LogP contribution in [0.4, 0.5) is 4.79 Å². The summed E-state index contributed by atoms with van der Waals surface area (Å²) >= 11 is 0. The van der Waals surface area contributed by atoms with Crippen LogP contribution in [0.25, 0.3) is 0 Å². The molecule has 3 rings (SSSR count). The van der Waals surface area contributed by atoms with Gasteiger partial charge in [0.25, 0.3) is 0 Å². The topological polar surface area (TPSA) is 67.6 Å². The second-order valence-corrected chi connectivity index (χ2v) is 9.98. The second-order valence-electron chi connectivity index (χ2n) is 9.98. The molecule has 5 nitrogen and oxygen atoms in total. The lowest BCUT2D eigenvalue weighted by Crippen LogP contribution is -2.51. The third kappa shape index (κ3) is 7.77. The fourth-order valence-electron chi connectivity index (χ4n) is 5.81. The highest BCUT2D eigenvalue weighted by Gasteiger charge is 2.31. The van der Waals surface area contributed by atoms with Crippen molar-refractivity contribution in [2.24, 2.45) is 17.6 Å². The summed E-state index contributed by atoms with van der Waals surface area (Å²) in [6.45, 7) is 3.05. The number of benzene rings is 1. The SMILES string of the molecule is COCCCC[C@@H](c1ccccc1)[C@@H]1CCCN(C(=O)NC(CN)CC2CCCCC2)C1. The van der Waals surface area contributed by atoms with Gasteiger partial charge in [0.15, 0.2) is 0 Å². The molecule has 0 radical (unpaired) electrons. The standard InChI is InChI=1S/C27H45N3O2/c1-32-18-9-8-16-26(23-13-6-3-7-14-23)24-15-10-17-30(21-24)27(31)29-25(20-28)19-22-11-4-2-5-12-22/h3,6-7,13-14,22,24-26H,2,4-5,8-12,15-21,28H2,1H3,(H,29,31)/t24-,25?,26+/m1/s1. The van der Waals surface area contributed by atoms with E-state index in [9.17, 15) is 4.79 Å². The van der Waals surface area contributed by atoms with Crippen LogP contribution < -0.4 is 11.1 Å². The fourth-order valence-corrected chi connectivity index (χ4v) is 5.81. The average Bonchev–Trinajstić information content (AvgIpc) is 2.85. The highest BCUT2D eigenvalue weighted by atomic mass is 16.5. The van der Waals surface area contributed by atoms with Crippen molar-refractivity contribution in [2.75, 3.05) is 33.4 Å². The Hall–Kier alpha value is -1.59. The molecule has 5 heteroatoms. The normalized spacial score (nSPS) is 21.8. The molecule has 1 unspecified atom stereocenters. The number of ether oxygens (including phenoxy) is 1. The lowest BCUT2D eigenvalue weighted by molar-refractivity contribution is 0.147. The predicted octanol–water partition coefficient (Wildman–Crippen LogP) is 5.31. The number of unbranched alkanes of at least 4 members (excludes halogenated alkanes) is 1. The molecule has 3 N–H and O–H groups in total. The number of carbonyl (C=O) groups is 1. The number of nitrogens with one attached hydrogen (secondary N) is 1. The number of likely N-dealkylation sites (tertiary alicyclic amines) is 1. The summed E-state index contributed by atoms with van der Waals surface area (Å²) in [4.78, 5) is 15.2. The van der Waals surface area contributed by atoms with Gasteiger partial charge in [0.2, 0.25) is 0 Å². The van der Waals surface area contributed by atoms with Gasteiger partial charge in [0.1, 0.15) is 0 Å². The third-order valence-electron chi connectivity index (χ3n) is 7.61. The summed E-state index contributed by atoms with van der Waals surface area (Å²) < 4.78 is 5.25. The number of methoxy groups -OCH3 is 1. The van der Waals surface area contributed by atoms with E-state index < -0.39 is 0 Å². The van der Waals surface area contributed by atoms with Crippen molar-refractivity contribution < 1.29 is 9.53 Å². The molecule has 2 fully saturated rings. The van der Waals surface area contributed by atoms with E-state index in [4.69, 9.17) is 10.5 Å². The van der Waals surface area contributed by atoms with Gasteiger partial charge >= 0.3 is 6.03 Å². The van der Waals surface area contributed by atoms with Crippen molar-refractivity contribution in [2.45, 2.75) is 82.6 Å². The van der Waals surface area contributed by atoms with Gasteiger partial charge in [-0.05, 0) is 55.4 Å². The molecule has 0 spiro atoms. The number of rotatable bonds is 11. The number of nitrogens with two attached hydrogens (primary N) is 1. The third-order valence-corrected chi connectivity index (χ3v) is 7.61. The Bertz CT molecular complexity index is 648. The zero-order valence-corrected chi connectivity index (χ0v) is 20.1. The Morgan fingerprint density at radius 1 is 1.12 bits per heavy atom. The minimum absolute atomic E-state index is 0.0900. The van der Waals surface area contributed by atoms with E-state index in [1.807, 2.05) is 0 Å². The fraction of sp³-hybridized carbons (Fsp3) is 0.741. The van der Waals surface area contributed by atoms with Gasteiger partial charge in [0.05, 0.1) is 0 Å². The number of carbonyl (C=O) groups excluding carboxylic acids is 1. The molecule has 0 bridgehead atoms. The molecule has 3 atom stereocenters. The van der Waals surface area contributed by atoms with Gasteiger partial charge in [-0.15, -0.1) is 0 Å². The monoisotopic (exact) mass is 443 g/mol. The van der Waals surface area contributed by atoms with Gasteiger partial charge in [-0.1, -0.05) is 68.9 Å². The zero-order chi connectivity index (χ0) is 22.6. The molecule has 32 heavy (non-hydrogen) atoms. The maximum Gasteiger partial charge on any atom is 0.317 e. The molecule has 1 aliphatic carbocycles. The Labute approximate surface area is 195 Å². The van der Waals surface area contributed by atoms with Gasteiger partial charge in [-0.3, -0.25) is 0 Å². The number of nitrogens with zero attached hydrogens (tertiary/aromatic N) is 1. The highest BCUT2D eigenvalue weighted by molar-refractivity contribution is 5.74. The van der Waals surface area contributed by atoms with Crippen LogP contribution in [0, 0.1) is 11.8 Å². The van der Waals surface area contributed by atoms with Crippen LogP contribution in [0.2, 0.25) is 0 Å². The largest absolute Gasteiger partial charge is 0.385 e. The molecule has 180 valence electrons. The zero-order valence-electron chi connectivity index (χ0n) is 20.1. The van der Waals surface area contributed by atoms with E-state index in [0.717, 1.165) is 57.7 Å². The van der Waals surface area contributed by atoms with Crippen molar-refractivity contribution in [1.82, 2.24) is 10.2 Å². The van der Waals surface area contributed by atoms with Crippen LogP contribution in [0.1, 0.15) is 82.1 Å². The van der Waals surface area contributed by atoms with E-state index >= 15 is 0 Å². The van der Waals surface area contributed by atoms with Crippen LogP contribution in [-0.4, -0.2) is 50.3 Å². The van der Waals surface area contributed by atoms with Crippen molar-refractivity contribution in [1.29, 1.82) is 0 Å². The summed E-state index contributed by atoms with van der Waals surface area (Å²) in [5, 5.41) is 3.29. The molecule has 1 aromatic rings. The Morgan fingerprint density at radius 3 is 2.62 bits per heavy atom. The van der Waals surface area contributed by atoms with E-state index in [1.165, 1.54) is 44.1 Å². The molecule has 1 saturated heterocycles. The summed E-state index contributed by atoms with van der Waals surface area (Å²) in [5.41, 5.74) is 7.47. The molecule has 0 aromatic heterocycles. The average molecular weight is 444 g/mol. The molecule has 2 aliphatic rings. The molecule has 2 amide bonds. The first-order valence-corrected chi connectivity index (χ1v) is 13.0. The Balaban J connectivity index is 1.57. The van der Waals surface area contributed by atoms with E-state index in [2.05, 4.69) is 40.5 Å². The van der Waals surface area contributed by atoms with Crippen molar-refractivity contribution >= 4 is 6.03 Å². The maximum atomic E-state index is 13.2. The first kappa shape index (κ1) is 25.0. The van der Waals surface area contributed by atoms with Crippen molar-refractivity contribution in [3.05, 3.63) is 35.9 Å². The van der Waals surface area contributed by atoms with Crippen LogP contribution in [0.15, 0.2) is 30.3 Å². The maximum absolute atomic E-state index is 13.2. The first-order chi connectivity index (χ1) is 15.7. The first-order valence-electron chi connectivity index (χ1n) is 13.0. The minimum atomic E-state index is 0.0900. The smallest absolute Gasteiger partial charge is 0.317 e. The summed E-state index contributed by atoms with van der Waals surface area (Å²) in [7, 11) is 1.77. The lowest BCUT2D eigenvalue weighted by Gasteiger charge is -2.38. The number of piperidine rings is 1. The molecular weight excluding hydrogens is 398 g/mol. The summed E-state index contributed by atoms with van der Waals surface area (Å²) in [6, 6.07) is 11.1. The number of hydrogen-bond acceptors (Lipinski definition) is 3. The van der Waals surface area contributed by atoms with E-state index in [-0.39, 0.29) is 12.1 Å². The van der Waals surface area contributed by atoms with Crippen LogP contribution in [0.5, 0.6) is 0 Å². The Morgan fingerprint density at radius 2 is 1.91 bits per heavy atom. The van der Waals surface area contributed by atoms with E-state index in [0.29, 0.717) is 18.4 Å². The number of hydrogen-bond donors (Lipinski definition) is 2. The summed E-state index contributed by atoms with van der Waals surface area (Å²) in [6.07, 6.45) is 13.3. The van der Waals surface area contributed by atoms with Crippen LogP contribution in [-0.2, 0) is 4.74 Å². The molecule has 1 aliphatic heterocycles. The molecular formula is C27H45N3O2. The number of amides is 2. The highest BCUT2D eigenvalue weighted by Crippen LogP contribution is 2.35. The van der Waals surface area contributed by atoms with Crippen LogP contribution >= 0.6 is 0 Å². The summed E-state index contributed by atoms with van der Waals surface area (Å²) in [5.74, 6) is 1.73. The van der Waals surface area contributed by atoms with Gasteiger partial charge in [0, 0.05) is 39.4 Å². The molecule has 1 saturated carbocycles. The van der Waals surface area contributed by atoms with Crippen LogP contribution in [0.3, 0.4) is 0 Å². The molecule has 1 heterocycles. The minimum Gasteiger partial charge on any atom is -0.385 e. The number of urea groups is 1. The van der Waals surface area contributed by atoms with E-state index in [1.54, 1.807) is 7.11 Å².